The van der Waals surface area contributed by atoms with Crippen LogP contribution in [0.3, 0.4) is 0 Å². The van der Waals surface area contributed by atoms with Crippen molar-refractivity contribution in [1.29, 1.82) is 0 Å². The number of amides is 3. The first kappa shape index (κ1) is 13.1. The first-order chi connectivity index (χ1) is 9.02. The summed E-state index contributed by atoms with van der Waals surface area (Å²) in [6, 6.07) is 5.86. The molecular formula is C13H15N3O3. The minimum absolute atomic E-state index is 0.113. The van der Waals surface area contributed by atoms with Crippen molar-refractivity contribution in [2.45, 2.75) is 19.4 Å². The molecule has 3 N–H and O–H groups in total. The fourth-order valence-corrected chi connectivity index (χ4v) is 2.12. The Hall–Kier alpha value is -2.37. The molecule has 0 aromatic heterocycles. The number of nitrogens with one attached hydrogen (secondary N) is 1. The molecule has 1 aromatic carbocycles. The summed E-state index contributed by atoms with van der Waals surface area (Å²) < 4.78 is 0. The van der Waals surface area contributed by atoms with Gasteiger partial charge in [0, 0.05) is 11.3 Å². The standard InChI is InChI=1S/C13H15N3O3/c1-2-10-12(18)15-11(17)7-16(10)13(19)8-4-3-5-9(14)6-8/h3-6,10H,2,7,14H2,1H3,(H,15,17,18). The van der Waals surface area contributed by atoms with Crippen LogP contribution in [0.4, 0.5) is 5.69 Å². The van der Waals surface area contributed by atoms with Gasteiger partial charge in [0.05, 0.1) is 0 Å². The van der Waals surface area contributed by atoms with E-state index in [2.05, 4.69) is 5.32 Å². The molecule has 19 heavy (non-hydrogen) atoms. The summed E-state index contributed by atoms with van der Waals surface area (Å²) in [5, 5.41) is 2.23. The average molecular weight is 261 g/mol. The molecule has 0 aliphatic carbocycles. The van der Waals surface area contributed by atoms with Crippen LogP contribution in [0.15, 0.2) is 24.3 Å². The van der Waals surface area contributed by atoms with Gasteiger partial charge in [-0.2, -0.15) is 0 Å². The van der Waals surface area contributed by atoms with Gasteiger partial charge in [-0.05, 0) is 24.6 Å². The second-order valence-corrected chi connectivity index (χ2v) is 4.39. The number of hydrogen-bond donors (Lipinski definition) is 2. The number of rotatable bonds is 2. The number of carbonyl (C=O) groups is 3. The smallest absolute Gasteiger partial charge is 0.255 e. The van der Waals surface area contributed by atoms with Crippen LogP contribution in [0.1, 0.15) is 23.7 Å². The molecule has 1 saturated heterocycles. The van der Waals surface area contributed by atoms with Crippen molar-refractivity contribution in [3.63, 3.8) is 0 Å². The van der Waals surface area contributed by atoms with E-state index in [0.717, 1.165) is 0 Å². The summed E-state index contributed by atoms with van der Waals surface area (Å²) in [7, 11) is 0. The highest BCUT2D eigenvalue weighted by Crippen LogP contribution is 2.15. The molecule has 1 aliphatic rings. The summed E-state index contributed by atoms with van der Waals surface area (Å²) in [4.78, 5) is 36.7. The van der Waals surface area contributed by atoms with Crippen molar-refractivity contribution >= 4 is 23.4 Å². The number of nitrogens with zero attached hydrogens (tertiary/aromatic N) is 1. The topological polar surface area (TPSA) is 92.5 Å². The number of nitrogen functional groups attached to an aromatic ring is 1. The van der Waals surface area contributed by atoms with Crippen LogP contribution < -0.4 is 11.1 Å². The summed E-state index contributed by atoms with van der Waals surface area (Å²) in [5.74, 6) is -1.26. The quantitative estimate of drug-likeness (QED) is 0.585. The third-order valence-corrected chi connectivity index (χ3v) is 3.04. The Labute approximate surface area is 110 Å². The molecule has 0 saturated carbocycles. The Morgan fingerprint density at radius 3 is 2.84 bits per heavy atom. The van der Waals surface area contributed by atoms with E-state index in [1.54, 1.807) is 25.1 Å². The highest BCUT2D eigenvalue weighted by Gasteiger charge is 2.35. The van der Waals surface area contributed by atoms with Crippen molar-refractivity contribution in [3.8, 4) is 0 Å². The van der Waals surface area contributed by atoms with E-state index >= 15 is 0 Å². The molecule has 100 valence electrons. The maximum Gasteiger partial charge on any atom is 0.255 e. The maximum absolute atomic E-state index is 12.4. The van der Waals surface area contributed by atoms with Gasteiger partial charge in [-0.1, -0.05) is 13.0 Å². The van der Waals surface area contributed by atoms with Crippen LogP contribution >= 0.6 is 0 Å². The summed E-state index contributed by atoms with van der Waals surface area (Å²) >= 11 is 0. The van der Waals surface area contributed by atoms with Gasteiger partial charge in [0.2, 0.25) is 11.8 Å². The Kier molecular flexibility index (Phi) is 3.50. The van der Waals surface area contributed by atoms with Crippen LogP contribution in [0.5, 0.6) is 0 Å². The molecule has 3 amide bonds. The number of anilines is 1. The lowest BCUT2D eigenvalue weighted by molar-refractivity contribution is -0.138. The lowest BCUT2D eigenvalue weighted by Crippen LogP contribution is -2.59. The first-order valence-electron chi connectivity index (χ1n) is 6.03. The van der Waals surface area contributed by atoms with Crippen LogP contribution in [0.25, 0.3) is 0 Å². The van der Waals surface area contributed by atoms with Crippen molar-refractivity contribution < 1.29 is 14.4 Å². The molecule has 1 fully saturated rings. The van der Waals surface area contributed by atoms with E-state index in [9.17, 15) is 14.4 Å². The largest absolute Gasteiger partial charge is 0.399 e. The minimum Gasteiger partial charge on any atom is -0.399 e. The van der Waals surface area contributed by atoms with Crippen molar-refractivity contribution in [2.75, 3.05) is 12.3 Å². The van der Waals surface area contributed by atoms with Crippen molar-refractivity contribution in [2.24, 2.45) is 0 Å². The molecule has 1 heterocycles. The van der Waals surface area contributed by atoms with Crippen LogP contribution in [-0.4, -0.2) is 35.2 Å². The van der Waals surface area contributed by atoms with E-state index in [1.807, 2.05) is 0 Å². The Balaban J connectivity index is 2.30. The third kappa shape index (κ3) is 2.57. The number of nitrogens with two attached hydrogens (primary N) is 1. The highest BCUT2D eigenvalue weighted by atomic mass is 16.2. The van der Waals surface area contributed by atoms with Gasteiger partial charge in [-0.15, -0.1) is 0 Å². The average Bonchev–Trinajstić information content (AvgIpc) is 2.37. The fraction of sp³-hybridized carbons (Fsp3) is 0.308. The Morgan fingerprint density at radius 2 is 2.21 bits per heavy atom. The molecule has 6 heteroatoms. The van der Waals surface area contributed by atoms with Gasteiger partial charge in [0.1, 0.15) is 12.6 Å². The van der Waals surface area contributed by atoms with Crippen LogP contribution in [-0.2, 0) is 9.59 Å². The number of carbonyl (C=O) groups excluding carboxylic acids is 3. The van der Waals surface area contributed by atoms with Crippen molar-refractivity contribution in [3.05, 3.63) is 29.8 Å². The lowest BCUT2D eigenvalue weighted by atomic mass is 10.1. The van der Waals surface area contributed by atoms with Crippen molar-refractivity contribution in [1.82, 2.24) is 10.2 Å². The molecule has 1 unspecified atom stereocenters. The zero-order valence-corrected chi connectivity index (χ0v) is 10.6. The van der Waals surface area contributed by atoms with E-state index < -0.39 is 17.9 Å². The Bertz CT molecular complexity index is 542. The van der Waals surface area contributed by atoms with Gasteiger partial charge in [-0.3, -0.25) is 19.7 Å². The maximum atomic E-state index is 12.4. The SMILES string of the molecule is CCC1C(=O)NC(=O)CN1C(=O)c1cccc(N)c1. The molecule has 1 aromatic rings. The number of hydrogen-bond acceptors (Lipinski definition) is 4. The molecule has 2 rings (SSSR count). The molecule has 0 bridgehead atoms. The van der Waals surface area contributed by atoms with E-state index in [0.29, 0.717) is 17.7 Å². The molecule has 1 aliphatic heterocycles. The molecular weight excluding hydrogens is 246 g/mol. The van der Waals surface area contributed by atoms with Gasteiger partial charge >= 0.3 is 0 Å². The zero-order chi connectivity index (χ0) is 14.0. The van der Waals surface area contributed by atoms with E-state index in [-0.39, 0.29) is 12.5 Å². The first-order valence-corrected chi connectivity index (χ1v) is 6.03. The predicted octanol–water partition coefficient (Wildman–Crippen LogP) is 0.146. The van der Waals surface area contributed by atoms with E-state index in [1.165, 1.54) is 11.0 Å². The minimum atomic E-state index is -0.619. The monoisotopic (exact) mass is 261 g/mol. The number of benzene rings is 1. The van der Waals surface area contributed by atoms with Gasteiger partial charge < -0.3 is 10.6 Å². The molecule has 1 atom stereocenters. The number of imide groups is 1. The Morgan fingerprint density at radius 1 is 1.47 bits per heavy atom. The third-order valence-electron chi connectivity index (χ3n) is 3.04. The molecule has 0 spiro atoms. The normalized spacial score (nSPS) is 19.2. The predicted molar refractivity (Wildman–Crippen MR) is 69.1 cm³/mol. The van der Waals surface area contributed by atoms with Gasteiger partial charge in [0.25, 0.3) is 5.91 Å². The summed E-state index contributed by atoms with van der Waals surface area (Å²) in [6.45, 7) is 1.68. The summed E-state index contributed by atoms with van der Waals surface area (Å²) in [6.07, 6.45) is 0.452. The second-order valence-electron chi connectivity index (χ2n) is 4.39. The molecule has 6 nitrogen and oxygen atoms in total. The van der Waals surface area contributed by atoms with Crippen LogP contribution in [0, 0.1) is 0 Å². The highest BCUT2D eigenvalue weighted by molar-refractivity contribution is 6.07. The lowest BCUT2D eigenvalue weighted by Gasteiger charge is -2.33. The fourth-order valence-electron chi connectivity index (χ4n) is 2.12. The van der Waals surface area contributed by atoms with E-state index in [4.69, 9.17) is 5.73 Å². The summed E-state index contributed by atoms with van der Waals surface area (Å²) in [5.41, 5.74) is 6.47. The zero-order valence-electron chi connectivity index (χ0n) is 10.6. The van der Waals surface area contributed by atoms with Crippen LogP contribution in [0.2, 0.25) is 0 Å². The number of piperazine rings is 1. The molecule has 0 radical (unpaired) electrons. The second kappa shape index (κ2) is 5.09. The van der Waals surface area contributed by atoms with Gasteiger partial charge in [-0.25, -0.2) is 0 Å². The van der Waals surface area contributed by atoms with Gasteiger partial charge in [0.15, 0.2) is 0 Å².